The van der Waals surface area contributed by atoms with E-state index in [-0.39, 0.29) is 19.1 Å². The minimum atomic E-state index is -0.840. The third-order valence-corrected chi connectivity index (χ3v) is 3.16. The van der Waals surface area contributed by atoms with E-state index < -0.39 is 5.60 Å². The SMILES string of the molecule is CCC(O)(CC)CNC(=O)COc1cccc(N)c1. The highest BCUT2D eigenvalue weighted by Gasteiger charge is 2.22. The molecular formula is C14H22N2O3. The van der Waals surface area contributed by atoms with Crippen molar-refractivity contribution in [1.82, 2.24) is 5.32 Å². The topological polar surface area (TPSA) is 84.6 Å². The van der Waals surface area contributed by atoms with E-state index >= 15 is 0 Å². The molecule has 0 bridgehead atoms. The second-order valence-corrected chi connectivity index (χ2v) is 4.57. The highest BCUT2D eigenvalue weighted by atomic mass is 16.5. The standard InChI is InChI=1S/C14H22N2O3/c1-3-14(18,4-2)10-16-13(17)9-19-12-7-5-6-11(15)8-12/h5-8,18H,3-4,9-10,15H2,1-2H3,(H,16,17). The lowest BCUT2D eigenvalue weighted by Crippen LogP contribution is -2.43. The molecule has 0 saturated carbocycles. The molecule has 1 aromatic carbocycles. The number of carbonyl (C=O) groups is 1. The number of nitrogen functional groups attached to an aromatic ring is 1. The fourth-order valence-electron chi connectivity index (χ4n) is 1.57. The molecule has 0 atom stereocenters. The molecular weight excluding hydrogens is 244 g/mol. The molecule has 0 unspecified atom stereocenters. The second-order valence-electron chi connectivity index (χ2n) is 4.57. The highest BCUT2D eigenvalue weighted by Crippen LogP contribution is 2.14. The Kier molecular flexibility index (Phi) is 5.63. The van der Waals surface area contributed by atoms with Crippen LogP contribution in [0.3, 0.4) is 0 Å². The van der Waals surface area contributed by atoms with E-state index in [2.05, 4.69) is 5.32 Å². The van der Waals surface area contributed by atoms with Crippen molar-refractivity contribution in [2.24, 2.45) is 0 Å². The predicted octanol–water partition coefficient (Wildman–Crippen LogP) is 1.31. The summed E-state index contributed by atoms with van der Waals surface area (Å²) in [5.74, 6) is 0.291. The van der Waals surface area contributed by atoms with Crippen LogP contribution in [-0.2, 0) is 4.79 Å². The average Bonchev–Trinajstić information content (AvgIpc) is 2.42. The van der Waals surface area contributed by atoms with E-state index in [1.807, 2.05) is 13.8 Å². The summed E-state index contributed by atoms with van der Waals surface area (Å²) in [4.78, 5) is 11.6. The number of anilines is 1. The summed E-state index contributed by atoms with van der Waals surface area (Å²) >= 11 is 0. The molecule has 5 nitrogen and oxygen atoms in total. The van der Waals surface area contributed by atoms with Gasteiger partial charge in [-0.3, -0.25) is 4.79 Å². The number of carbonyl (C=O) groups excluding carboxylic acids is 1. The zero-order valence-corrected chi connectivity index (χ0v) is 11.5. The van der Waals surface area contributed by atoms with Crippen LogP contribution in [0.5, 0.6) is 5.75 Å². The quantitative estimate of drug-likeness (QED) is 0.650. The summed E-state index contributed by atoms with van der Waals surface area (Å²) in [7, 11) is 0. The van der Waals surface area contributed by atoms with E-state index in [1.165, 1.54) is 0 Å². The Morgan fingerprint density at radius 1 is 1.42 bits per heavy atom. The van der Waals surface area contributed by atoms with Crippen molar-refractivity contribution in [2.75, 3.05) is 18.9 Å². The van der Waals surface area contributed by atoms with Crippen LogP contribution in [0.1, 0.15) is 26.7 Å². The maximum atomic E-state index is 11.6. The molecule has 0 aliphatic carbocycles. The van der Waals surface area contributed by atoms with Crippen molar-refractivity contribution < 1.29 is 14.6 Å². The van der Waals surface area contributed by atoms with Gasteiger partial charge in [-0.1, -0.05) is 19.9 Å². The number of nitrogens with two attached hydrogens (primary N) is 1. The highest BCUT2D eigenvalue weighted by molar-refractivity contribution is 5.77. The fourth-order valence-corrected chi connectivity index (χ4v) is 1.57. The second kappa shape index (κ2) is 6.99. The van der Waals surface area contributed by atoms with Gasteiger partial charge in [-0.05, 0) is 25.0 Å². The molecule has 0 aliphatic rings. The minimum Gasteiger partial charge on any atom is -0.484 e. The van der Waals surface area contributed by atoms with E-state index in [4.69, 9.17) is 10.5 Å². The van der Waals surface area contributed by atoms with Crippen molar-refractivity contribution in [1.29, 1.82) is 0 Å². The number of aliphatic hydroxyl groups is 1. The molecule has 0 fully saturated rings. The van der Waals surface area contributed by atoms with Gasteiger partial charge in [-0.2, -0.15) is 0 Å². The first kappa shape index (κ1) is 15.3. The molecule has 1 amide bonds. The Morgan fingerprint density at radius 3 is 2.68 bits per heavy atom. The summed E-state index contributed by atoms with van der Waals surface area (Å²) < 4.78 is 5.31. The van der Waals surface area contributed by atoms with Gasteiger partial charge in [-0.15, -0.1) is 0 Å². The molecule has 106 valence electrons. The van der Waals surface area contributed by atoms with E-state index in [0.29, 0.717) is 24.3 Å². The average molecular weight is 266 g/mol. The molecule has 1 aromatic rings. The Morgan fingerprint density at radius 2 is 2.11 bits per heavy atom. The lowest BCUT2D eigenvalue weighted by molar-refractivity contribution is -0.124. The lowest BCUT2D eigenvalue weighted by atomic mass is 9.98. The van der Waals surface area contributed by atoms with Crippen LogP contribution in [0.4, 0.5) is 5.69 Å². The molecule has 5 heteroatoms. The minimum absolute atomic E-state index is 0.0903. The molecule has 0 radical (unpaired) electrons. The number of ether oxygens (including phenoxy) is 1. The number of rotatable bonds is 7. The Hall–Kier alpha value is -1.75. The van der Waals surface area contributed by atoms with Gasteiger partial charge in [0.05, 0.1) is 5.60 Å². The molecule has 1 rings (SSSR count). The third-order valence-electron chi connectivity index (χ3n) is 3.16. The largest absolute Gasteiger partial charge is 0.484 e. The maximum absolute atomic E-state index is 11.6. The molecule has 0 aromatic heterocycles. The van der Waals surface area contributed by atoms with E-state index in [0.717, 1.165) is 0 Å². The molecule has 4 N–H and O–H groups in total. The summed E-state index contributed by atoms with van der Waals surface area (Å²) in [5, 5.41) is 12.7. The summed E-state index contributed by atoms with van der Waals surface area (Å²) in [5.41, 5.74) is 5.35. The summed E-state index contributed by atoms with van der Waals surface area (Å²) in [6, 6.07) is 6.89. The predicted molar refractivity (Wildman–Crippen MR) is 74.9 cm³/mol. The van der Waals surface area contributed by atoms with Gasteiger partial charge < -0.3 is 20.9 Å². The van der Waals surface area contributed by atoms with Gasteiger partial charge in [0, 0.05) is 18.3 Å². The first-order chi connectivity index (χ1) is 8.99. The summed E-state index contributed by atoms with van der Waals surface area (Å²) in [6.07, 6.45) is 1.19. The van der Waals surface area contributed by atoms with Crippen LogP contribution < -0.4 is 15.8 Å². The summed E-state index contributed by atoms with van der Waals surface area (Å²) in [6.45, 7) is 3.92. The number of amides is 1. The Balaban J connectivity index is 2.36. The van der Waals surface area contributed by atoms with Gasteiger partial charge in [-0.25, -0.2) is 0 Å². The maximum Gasteiger partial charge on any atom is 0.258 e. The van der Waals surface area contributed by atoms with Crippen LogP contribution in [0.2, 0.25) is 0 Å². The monoisotopic (exact) mass is 266 g/mol. The fraction of sp³-hybridized carbons (Fsp3) is 0.500. The number of hydrogen-bond donors (Lipinski definition) is 3. The number of nitrogens with one attached hydrogen (secondary N) is 1. The smallest absolute Gasteiger partial charge is 0.258 e. The van der Waals surface area contributed by atoms with Gasteiger partial charge in [0.1, 0.15) is 5.75 Å². The van der Waals surface area contributed by atoms with Crippen molar-refractivity contribution in [3.63, 3.8) is 0 Å². The molecule has 0 aliphatic heterocycles. The van der Waals surface area contributed by atoms with Crippen LogP contribution in [-0.4, -0.2) is 29.8 Å². The van der Waals surface area contributed by atoms with Crippen molar-refractivity contribution in [3.8, 4) is 5.75 Å². The van der Waals surface area contributed by atoms with Gasteiger partial charge in [0.15, 0.2) is 6.61 Å². The third kappa shape index (κ3) is 5.18. The van der Waals surface area contributed by atoms with Crippen molar-refractivity contribution in [3.05, 3.63) is 24.3 Å². The Labute approximate surface area is 113 Å². The van der Waals surface area contributed by atoms with Crippen LogP contribution in [0, 0.1) is 0 Å². The van der Waals surface area contributed by atoms with Crippen molar-refractivity contribution >= 4 is 11.6 Å². The molecule has 0 saturated heterocycles. The Bertz CT molecular complexity index is 417. The molecule has 19 heavy (non-hydrogen) atoms. The zero-order valence-electron chi connectivity index (χ0n) is 11.5. The van der Waals surface area contributed by atoms with Crippen LogP contribution in [0.15, 0.2) is 24.3 Å². The number of benzene rings is 1. The first-order valence-electron chi connectivity index (χ1n) is 6.46. The number of hydrogen-bond acceptors (Lipinski definition) is 4. The lowest BCUT2D eigenvalue weighted by Gasteiger charge is -2.25. The van der Waals surface area contributed by atoms with E-state index in [9.17, 15) is 9.90 Å². The zero-order chi connectivity index (χ0) is 14.3. The van der Waals surface area contributed by atoms with Gasteiger partial charge >= 0.3 is 0 Å². The molecule has 0 spiro atoms. The van der Waals surface area contributed by atoms with Crippen LogP contribution in [0.25, 0.3) is 0 Å². The van der Waals surface area contributed by atoms with E-state index in [1.54, 1.807) is 24.3 Å². The van der Waals surface area contributed by atoms with Crippen LogP contribution >= 0.6 is 0 Å². The van der Waals surface area contributed by atoms with Gasteiger partial charge in [0.25, 0.3) is 5.91 Å². The molecule has 0 heterocycles. The first-order valence-corrected chi connectivity index (χ1v) is 6.46. The van der Waals surface area contributed by atoms with Gasteiger partial charge in [0.2, 0.25) is 0 Å². The van der Waals surface area contributed by atoms with Crippen molar-refractivity contribution in [2.45, 2.75) is 32.3 Å². The normalized spacial score (nSPS) is 11.1.